The Morgan fingerprint density at radius 1 is 1.32 bits per heavy atom. The molecule has 0 saturated carbocycles. The van der Waals surface area contributed by atoms with Gasteiger partial charge in [0.2, 0.25) is 0 Å². The SMILES string of the molecule is CCC(NC)c1nnc(-c2coc3ccccc23)s1. The summed E-state index contributed by atoms with van der Waals surface area (Å²) in [5.41, 5.74) is 1.90. The summed E-state index contributed by atoms with van der Waals surface area (Å²) >= 11 is 1.62. The van der Waals surface area contributed by atoms with Crippen LogP contribution in [0.4, 0.5) is 0 Å². The van der Waals surface area contributed by atoms with Crippen LogP contribution in [0.25, 0.3) is 21.5 Å². The fraction of sp³-hybridized carbons (Fsp3) is 0.286. The third-order valence-electron chi connectivity index (χ3n) is 3.21. The van der Waals surface area contributed by atoms with Gasteiger partial charge in [0.15, 0.2) is 5.01 Å². The molecule has 3 aromatic rings. The molecule has 98 valence electrons. The number of aromatic nitrogens is 2. The molecule has 0 bridgehead atoms. The molecular formula is C14H15N3OS. The van der Waals surface area contributed by atoms with Crippen molar-refractivity contribution in [1.82, 2.24) is 15.5 Å². The van der Waals surface area contributed by atoms with Crippen molar-refractivity contribution >= 4 is 22.3 Å². The van der Waals surface area contributed by atoms with Crippen LogP contribution in [-0.2, 0) is 0 Å². The first-order valence-corrected chi connectivity index (χ1v) is 7.12. The smallest absolute Gasteiger partial charge is 0.151 e. The number of benzene rings is 1. The largest absolute Gasteiger partial charge is 0.464 e. The van der Waals surface area contributed by atoms with Crippen molar-refractivity contribution in [3.8, 4) is 10.6 Å². The lowest BCUT2D eigenvalue weighted by Gasteiger charge is -2.07. The molecule has 2 heterocycles. The molecule has 5 heteroatoms. The van der Waals surface area contributed by atoms with Gasteiger partial charge in [0.1, 0.15) is 16.9 Å². The van der Waals surface area contributed by atoms with Crippen LogP contribution in [-0.4, -0.2) is 17.2 Å². The molecule has 3 rings (SSSR count). The summed E-state index contributed by atoms with van der Waals surface area (Å²) < 4.78 is 5.55. The van der Waals surface area contributed by atoms with E-state index in [9.17, 15) is 0 Å². The number of rotatable bonds is 4. The Labute approximate surface area is 115 Å². The van der Waals surface area contributed by atoms with Crippen LogP contribution >= 0.6 is 11.3 Å². The minimum Gasteiger partial charge on any atom is -0.464 e. The second-order valence-electron chi connectivity index (χ2n) is 4.34. The van der Waals surface area contributed by atoms with E-state index in [0.717, 1.165) is 33.0 Å². The van der Waals surface area contributed by atoms with Gasteiger partial charge in [-0.2, -0.15) is 0 Å². The summed E-state index contributed by atoms with van der Waals surface area (Å²) in [6, 6.07) is 8.25. The Balaban J connectivity index is 2.03. The highest BCUT2D eigenvalue weighted by molar-refractivity contribution is 7.14. The summed E-state index contributed by atoms with van der Waals surface area (Å²) in [7, 11) is 1.95. The first kappa shape index (κ1) is 12.3. The lowest BCUT2D eigenvalue weighted by atomic mass is 10.2. The molecule has 19 heavy (non-hydrogen) atoms. The predicted molar refractivity (Wildman–Crippen MR) is 77.2 cm³/mol. The average molecular weight is 273 g/mol. The zero-order chi connectivity index (χ0) is 13.2. The number of hydrogen-bond acceptors (Lipinski definition) is 5. The third-order valence-corrected chi connectivity index (χ3v) is 4.28. The molecule has 4 nitrogen and oxygen atoms in total. The Hall–Kier alpha value is -1.72. The second-order valence-corrected chi connectivity index (χ2v) is 5.35. The summed E-state index contributed by atoms with van der Waals surface area (Å²) in [4.78, 5) is 0. The van der Waals surface area contributed by atoms with E-state index in [0.29, 0.717) is 0 Å². The van der Waals surface area contributed by atoms with Crippen molar-refractivity contribution in [2.24, 2.45) is 0 Å². The lowest BCUT2D eigenvalue weighted by molar-refractivity contribution is 0.568. The summed E-state index contributed by atoms with van der Waals surface area (Å²) in [6.45, 7) is 2.13. The number of hydrogen-bond donors (Lipinski definition) is 1. The van der Waals surface area contributed by atoms with Crippen molar-refractivity contribution in [3.63, 3.8) is 0 Å². The van der Waals surface area contributed by atoms with Crippen LogP contribution in [0.1, 0.15) is 24.4 Å². The Morgan fingerprint density at radius 2 is 2.16 bits per heavy atom. The Morgan fingerprint density at radius 3 is 2.95 bits per heavy atom. The van der Waals surface area contributed by atoms with Crippen molar-refractivity contribution in [2.75, 3.05) is 7.05 Å². The number of nitrogens with one attached hydrogen (secondary N) is 1. The number of nitrogens with zero attached hydrogens (tertiary/aromatic N) is 2. The average Bonchev–Trinajstić information content (AvgIpc) is 3.06. The highest BCUT2D eigenvalue weighted by Gasteiger charge is 2.16. The fourth-order valence-electron chi connectivity index (χ4n) is 2.13. The van der Waals surface area contributed by atoms with Gasteiger partial charge in [0.25, 0.3) is 0 Å². The molecule has 0 aliphatic heterocycles. The van der Waals surface area contributed by atoms with Crippen LogP contribution in [0.15, 0.2) is 34.9 Å². The van der Waals surface area contributed by atoms with E-state index in [-0.39, 0.29) is 6.04 Å². The van der Waals surface area contributed by atoms with E-state index in [1.165, 1.54) is 0 Å². The van der Waals surface area contributed by atoms with Gasteiger partial charge in [-0.05, 0) is 19.5 Å². The molecule has 0 amide bonds. The molecule has 2 aromatic heterocycles. The molecule has 0 radical (unpaired) electrons. The number of para-hydroxylation sites is 1. The summed E-state index contributed by atoms with van der Waals surface area (Å²) in [5.74, 6) is 0. The summed E-state index contributed by atoms with van der Waals surface area (Å²) in [5, 5.41) is 14.8. The first-order chi connectivity index (χ1) is 9.33. The fourth-order valence-corrected chi connectivity index (χ4v) is 3.19. The highest BCUT2D eigenvalue weighted by Crippen LogP contribution is 2.33. The van der Waals surface area contributed by atoms with E-state index in [4.69, 9.17) is 4.42 Å². The highest BCUT2D eigenvalue weighted by atomic mass is 32.1. The van der Waals surface area contributed by atoms with Crippen molar-refractivity contribution in [1.29, 1.82) is 0 Å². The van der Waals surface area contributed by atoms with Gasteiger partial charge in [-0.25, -0.2) is 0 Å². The normalized spacial score (nSPS) is 12.9. The quantitative estimate of drug-likeness (QED) is 0.788. The van der Waals surface area contributed by atoms with Crippen LogP contribution in [0.3, 0.4) is 0 Å². The molecule has 1 N–H and O–H groups in total. The Kier molecular flexibility index (Phi) is 3.31. The minimum atomic E-state index is 0.268. The molecule has 1 atom stereocenters. The van der Waals surface area contributed by atoms with E-state index in [1.807, 2.05) is 31.3 Å². The Bertz CT molecular complexity index is 685. The summed E-state index contributed by atoms with van der Waals surface area (Å²) in [6.07, 6.45) is 2.76. The zero-order valence-electron chi connectivity index (χ0n) is 10.9. The van der Waals surface area contributed by atoms with Gasteiger partial charge in [-0.1, -0.05) is 36.5 Å². The van der Waals surface area contributed by atoms with Crippen LogP contribution in [0, 0.1) is 0 Å². The topological polar surface area (TPSA) is 51.0 Å². The minimum absolute atomic E-state index is 0.268. The molecule has 0 spiro atoms. The van der Waals surface area contributed by atoms with Gasteiger partial charge in [0, 0.05) is 5.39 Å². The van der Waals surface area contributed by atoms with Crippen LogP contribution < -0.4 is 5.32 Å². The first-order valence-electron chi connectivity index (χ1n) is 6.30. The zero-order valence-corrected chi connectivity index (χ0v) is 11.7. The molecular weight excluding hydrogens is 258 g/mol. The van der Waals surface area contributed by atoms with Crippen molar-refractivity contribution in [3.05, 3.63) is 35.5 Å². The van der Waals surface area contributed by atoms with Crippen LogP contribution in [0.5, 0.6) is 0 Å². The number of furan rings is 1. The van der Waals surface area contributed by atoms with Gasteiger partial charge < -0.3 is 9.73 Å². The predicted octanol–water partition coefficient (Wildman–Crippen LogP) is 3.62. The van der Waals surface area contributed by atoms with Gasteiger partial charge in [-0.3, -0.25) is 0 Å². The standard InChI is InChI=1S/C14H15N3OS/c1-3-11(15-2)14-17-16-13(19-14)10-8-18-12-7-5-4-6-9(10)12/h4-8,11,15H,3H2,1-2H3. The number of fused-ring (bicyclic) bond motifs is 1. The molecule has 0 aliphatic carbocycles. The molecule has 1 unspecified atom stereocenters. The molecule has 1 aromatic carbocycles. The monoisotopic (exact) mass is 273 g/mol. The second kappa shape index (κ2) is 5.11. The van der Waals surface area contributed by atoms with E-state index >= 15 is 0 Å². The maximum atomic E-state index is 5.55. The lowest BCUT2D eigenvalue weighted by Crippen LogP contribution is -2.14. The molecule has 0 fully saturated rings. The van der Waals surface area contributed by atoms with Crippen molar-refractivity contribution in [2.45, 2.75) is 19.4 Å². The van der Waals surface area contributed by atoms with Crippen molar-refractivity contribution < 1.29 is 4.42 Å². The molecule has 0 aliphatic rings. The van der Waals surface area contributed by atoms with Gasteiger partial charge in [-0.15, -0.1) is 10.2 Å². The van der Waals surface area contributed by atoms with Gasteiger partial charge in [0.05, 0.1) is 11.6 Å². The van der Waals surface area contributed by atoms with E-state index in [2.05, 4.69) is 22.4 Å². The maximum Gasteiger partial charge on any atom is 0.151 e. The maximum absolute atomic E-state index is 5.55. The van der Waals surface area contributed by atoms with Crippen LogP contribution in [0.2, 0.25) is 0 Å². The molecule has 0 saturated heterocycles. The van der Waals surface area contributed by atoms with E-state index in [1.54, 1.807) is 17.6 Å². The van der Waals surface area contributed by atoms with E-state index < -0.39 is 0 Å². The third kappa shape index (κ3) is 2.15. The van der Waals surface area contributed by atoms with Gasteiger partial charge >= 0.3 is 0 Å².